The van der Waals surface area contributed by atoms with Gasteiger partial charge in [-0.25, -0.2) is 8.42 Å². The van der Waals surface area contributed by atoms with Crippen LogP contribution in [0.4, 0.5) is 0 Å². The summed E-state index contributed by atoms with van der Waals surface area (Å²) in [6.45, 7) is 3.16. The monoisotopic (exact) mass is 297 g/mol. The number of rotatable bonds is 4. The van der Waals surface area contributed by atoms with Crippen LogP contribution in [-0.4, -0.2) is 29.1 Å². The lowest BCUT2D eigenvalue weighted by molar-refractivity contribution is 0.0937. The molecule has 0 aromatic carbocycles. The standard InChI is InChI=1S/C11H15N5O3S/c1-7-10(8(2)13-12-7)20(18,19)15-14-11(17)9-5-4-6-16(9)3/h4-6,15H,1-3H3,(H,12,13)(H,14,17). The van der Waals surface area contributed by atoms with Crippen LogP contribution in [0.2, 0.25) is 0 Å². The fourth-order valence-corrected chi connectivity index (χ4v) is 3.07. The maximum Gasteiger partial charge on any atom is 0.282 e. The van der Waals surface area contributed by atoms with Crippen molar-refractivity contribution in [2.75, 3.05) is 0 Å². The number of nitrogens with one attached hydrogen (secondary N) is 3. The van der Waals surface area contributed by atoms with Gasteiger partial charge in [-0.1, -0.05) is 0 Å². The first-order valence-electron chi connectivity index (χ1n) is 5.78. The molecule has 2 aromatic heterocycles. The van der Waals surface area contributed by atoms with Gasteiger partial charge in [0.05, 0.1) is 11.4 Å². The van der Waals surface area contributed by atoms with Gasteiger partial charge >= 0.3 is 0 Å². The minimum absolute atomic E-state index is 0.0321. The summed E-state index contributed by atoms with van der Waals surface area (Å²) >= 11 is 0. The molecule has 0 spiro atoms. The second kappa shape index (κ2) is 5.10. The van der Waals surface area contributed by atoms with Crippen molar-refractivity contribution >= 4 is 15.9 Å². The van der Waals surface area contributed by atoms with Crippen molar-refractivity contribution in [3.05, 3.63) is 35.4 Å². The Morgan fingerprint density at radius 3 is 2.60 bits per heavy atom. The number of hydrazine groups is 1. The first-order chi connectivity index (χ1) is 9.33. The number of sulfonamides is 1. The summed E-state index contributed by atoms with van der Waals surface area (Å²) in [5.74, 6) is -0.542. The van der Waals surface area contributed by atoms with Gasteiger partial charge in [0.15, 0.2) is 0 Å². The normalized spacial score (nSPS) is 11.6. The molecule has 9 heteroatoms. The Labute approximate surface area is 116 Å². The van der Waals surface area contributed by atoms with Crippen LogP contribution in [0.25, 0.3) is 0 Å². The van der Waals surface area contributed by atoms with Crippen molar-refractivity contribution in [1.29, 1.82) is 0 Å². The van der Waals surface area contributed by atoms with Gasteiger partial charge in [0.1, 0.15) is 10.6 Å². The molecule has 0 aliphatic heterocycles. The predicted octanol–water partition coefficient (Wildman–Crippen LogP) is -0.0117. The lowest BCUT2D eigenvalue weighted by atomic mass is 10.4. The summed E-state index contributed by atoms with van der Waals surface area (Å²) in [4.78, 5) is 13.9. The number of carbonyl (C=O) groups excluding carboxylic acids is 1. The van der Waals surface area contributed by atoms with Crippen LogP contribution in [0.5, 0.6) is 0 Å². The second-order valence-electron chi connectivity index (χ2n) is 4.33. The van der Waals surface area contributed by atoms with Crippen molar-refractivity contribution in [2.24, 2.45) is 7.05 Å². The Kier molecular flexibility index (Phi) is 3.64. The van der Waals surface area contributed by atoms with Crippen molar-refractivity contribution in [3.63, 3.8) is 0 Å². The second-order valence-corrected chi connectivity index (χ2v) is 5.95. The summed E-state index contributed by atoms with van der Waals surface area (Å²) in [6.07, 6.45) is 1.69. The van der Waals surface area contributed by atoms with E-state index in [1.54, 1.807) is 43.8 Å². The molecule has 108 valence electrons. The molecule has 2 heterocycles. The summed E-state index contributed by atoms with van der Waals surface area (Å²) in [5.41, 5.74) is 3.25. The number of nitrogens with zero attached hydrogens (tertiary/aromatic N) is 2. The minimum Gasteiger partial charge on any atom is -0.347 e. The topological polar surface area (TPSA) is 109 Å². The highest BCUT2D eigenvalue weighted by atomic mass is 32.2. The average Bonchev–Trinajstić information content (AvgIpc) is 2.93. The number of amides is 1. The molecule has 1 amide bonds. The maximum absolute atomic E-state index is 12.1. The molecule has 0 fully saturated rings. The molecule has 0 saturated carbocycles. The Hall–Kier alpha value is -2.13. The fraction of sp³-hybridized carbons (Fsp3) is 0.273. The van der Waals surface area contributed by atoms with Gasteiger partial charge < -0.3 is 4.57 Å². The number of hydrogen-bond acceptors (Lipinski definition) is 4. The van der Waals surface area contributed by atoms with Crippen LogP contribution < -0.4 is 10.3 Å². The van der Waals surface area contributed by atoms with Crippen molar-refractivity contribution in [2.45, 2.75) is 18.7 Å². The van der Waals surface area contributed by atoms with E-state index in [2.05, 4.69) is 20.5 Å². The Morgan fingerprint density at radius 2 is 2.10 bits per heavy atom. The molecule has 3 N–H and O–H groups in total. The van der Waals surface area contributed by atoms with Gasteiger partial charge in [-0.05, 0) is 26.0 Å². The van der Waals surface area contributed by atoms with E-state index in [1.165, 1.54) is 0 Å². The van der Waals surface area contributed by atoms with E-state index in [1.807, 2.05) is 0 Å². The Balaban J connectivity index is 2.15. The van der Waals surface area contributed by atoms with Gasteiger partial charge in [0.2, 0.25) is 0 Å². The quantitative estimate of drug-likeness (QED) is 0.689. The summed E-state index contributed by atoms with van der Waals surface area (Å²) in [6, 6.07) is 3.27. The smallest absolute Gasteiger partial charge is 0.282 e. The number of H-pyrrole nitrogens is 1. The Bertz CT molecular complexity index is 724. The first-order valence-corrected chi connectivity index (χ1v) is 7.26. The van der Waals surface area contributed by atoms with Crippen LogP contribution in [-0.2, 0) is 17.1 Å². The van der Waals surface area contributed by atoms with Crippen LogP contribution in [0.3, 0.4) is 0 Å². The molecule has 0 atom stereocenters. The highest BCUT2D eigenvalue weighted by Crippen LogP contribution is 2.15. The summed E-state index contributed by atoms with van der Waals surface area (Å²) in [7, 11) is -2.17. The third kappa shape index (κ3) is 2.58. The average molecular weight is 297 g/mol. The molecule has 8 nitrogen and oxygen atoms in total. The molecule has 0 aliphatic rings. The molecule has 0 aliphatic carbocycles. The number of carbonyl (C=O) groups is 1. The molecule has 2 aromatic rings. The number of aromatic amines is 1. The van der Waals surface area contributed by atoms with E-state index in [0.29, 0.717) is 17.1 Å². The van der Waals surface area contributed by atoms with E-state index >= 15 is 0 Å². The van der Waals surface area contributed by atoms with E-state index in [4.69, 9.17) is 0 Å². The minimum atomic E-state index is -3.86. The number of hydrogen-bond donors (Lipinski definition) is 3. The predicted molar refractivity (Wildman–Crippen MR) is 71.3 cm³/mol. The van der Waals surface area contributed by atoms with Gasteiger partial charge in [0.25, 0.3) is 15.9 Å². The zero-order chi connectivity index (χ0) is 14.9. The highest BCUT2D eigenvalue weighted by Gasteiger charge is 2.23. The molecule has 2 rings (SSSR count). The lowest BCUT2D eigenvalue weighted by Crippen LogP contribution is -2.42. The molecule has 0 saturated heterocycles. The highest BCUT2D eigenvalue weighted by molar-refractivity contribution is 7.89. The SMILES string of the molecule is Cc1n[nH]c(C)c1S(=O)(=O)NNC(=O)c1cccn1C. The third-order valence-corrected chi connectivity index (χ3v) is 4.31. The van der Waals surface area contributed by atoms with Crippen LogP contribution in [0.15, 0.2) is 23.2 Å². The Morgan fingerprint density at radius 1 is 1.40 bits per heavy atom. The van der Waals surface area contributed by atoms with Crippen molar-refractivity contribution < 1.29 is 13.2 Å². The molecule has 0 unspecified atom stereocenters. The molecular formula is C11H15N5O3S. The third-order valence-electron chi connectivity index (χ3n) is 2.80. The first kappa shape index (κ1) is 14.3. The van der Waals surface area contributed by atoms with Gasteiger partial charge in [0, 0.05) is 13.2 Å². The van der Waals surface area contributed by atoms with Crippen LogP contribution in [0.1, 0.15) is 21.9 Å². The van der Waals surface area contributed by atoms with Crippen molar-refractivity contribution in [1.82, 2.24) is 25.0 Å². The van der Waals surface area contributed by atoms with E-state index in [0.717, 1.165) is 0 Å². The molecule has 0 bridgehead atoms. The fourth-order valence-electron chi connectivity index (χ4n) is 1.86. The van der Waals surface area contributed by atoms with E-state index < -0.39 is 15.9 Å². The summed E-state index contributed by atoms with van der Waals surface area (Å²) in [5, 5.41) is 6.39. The molecule has 0 radical (unpaired) electrons. The molecule has 20 heavy (non-hydrogen) atoms. The van der Waals surface area contributed by atoms with E-state index in [-0.39, 0.29) is 4.90 Å². The number of aryl methyl sites for hydroxylation is 3. The summed E-state index contributed by atoms with van der Waals surface area (Å²) < 4.78 is 25.8. The van der Waals surface area contributed by atoms with Crippen LogP contribution in [0, 0.1) is 13.8 Å². The van der Waals surface area contributed by atoms with Gasteiger partial charge in [-0.3, -0.25) is 15.3 Å². The van der Waals surface area contributed by atoms with Gasteiger partial charge in [-0.2, -0.15) is 5.10 Å². The molecular weight excluding hydrogens is 282 g/mol. The van der Waals surface area contributed by atoms with Gasteiger partial charge in [-0.15, -0.1) is 4.83 Å². The largest absolute Gasteiger partial charge is 0.347 e. The zero-order valence-electron chi connectivity index (χ0n) is 11.3. The zero-order valence-corrected chi connectivity index (χ0v) is 12.1. The lowest BCUT2D eigenvalue weighted by Gasteiger charge is -2.09. The van der Waals surface area contributed by atoms with Crippen molar-refractivity contribution in [3.8, 4) is 0 Å². The number of aromatic nitrogens is 3. The van der Waals surface area contributed by atoms with Crippen LogP contribution >= 0.6 is 0 Å². The maximum atomic E-state index is 12.1. The van der Waals surface area contributed by atoms with E-state index in [9.17, 15) is 13.2 Å².